The second kappa shape index (κ2) is 8.06. The van der Waals surface area contributed by atoms with Gasteiger partial charge in [0.15, 0.2) is 0 Å². The number of rotatable bonds is 2. The van der Waals surface area contributed by atoms with Crippen molar-refractivity contribution in [3.63, 3.8) is 0 Å². The Bertz CT molecular complexity index is 912. The van der Waals surface area contributed by atoms with Gasteiger partial charge >= 0.3 is 5.97 Å². The van der Waals surface area contributed by atoms with Crippen LogP contribution in [-0.2, 0) is 9.53 Å². The Hall–Kier alpha value is -0.870. The van der Waals surface area contributed by atoms with Gasteiger partial charge in [-0.2, -0.15) is 0 Å². The lowest BCUT2D eigenvalue weighted by Crippen LogP contribution is -2.65. The number of esters is 1. The third kappa shape index (κ3) is 3.14. The van der Waals surface area contributed by atoms with Crippen molar-refractivity contribution in [1.82, 2.24) is 0 Å². The van der Waals surface area contributed by atoms with Gasteiger partial charge in [0.2, 0.25) is 0 Å². The van der Waals surface area contributed by atoms with Crippen LogP contribution in [0.4, 0.5) is 0 Å². The van der Waals surface area contributed by atoms with E-state index in [0.717, 1.165) is 44.9 Å². The average molecular weight is 487 g/mol. The predicted octanol–water partition coefficient (Wildman–Crippen LogP) is 6.15. The van der Waals surface area contributed by atoms with Crippen molar-refractivity contribution in [2.24, 2.45) is 56.7 Å². The summed E-state index contributed by atoms with van der Waals surface area (Å²) in [5.41, 5.74) is 1.16. The molecule has 0 aromatic rings. The minimum absolute atomic E-state index is 0.00947. The van der Waals surface area contributed by atoms with Crippen LogP contribution in [0.25, 0.3) is 0 Å². The van der Waals surface area contributed by atoms with Crippen LogP contribution in [-0.4, -0.2) is 36.0 Å². The molecule has 0 aromatic heterocycles. The smallest absolute Gasteiger partial charge is 0.312 e. The standard InChI is InChI=1S/C31H50O4/c1-19-10-13-31(26(34)35-7)15-14-29(5)22(25(31)20(19)2)8-9-24-28(4)17-21(33)16-27(3,18-32)23(28)11-12-30(24,29)6/h8,19-21,23-25,32-33H,9-18H2,1-7H3/t19-,20+,21-,23?,24-,25+,27?,28+,29-,30-,31+/m1/s1. The molecule has 4 saturated carbocycles. The molecule has 0 radical (unpaired) electrons. The Labute approximate surface area is 213 Å². The molecule has 0 heterocycles. The lowest BCUT2D eigenvalue weighted by Gasteiger charge is -2.71. The molecule has 4 nitrogen and oxygen atoms in total. The van der Waals surface area contributed by atoms with Gasteiger partial charge in [-0.1, -0.05) is 53.2 Å². The highest BCUT2D eigenvalue weighted by atomic mass is 16.5. The third-order valence-corrected chi connectivity index (χ3v) is 13.4. The van der Waals surface area contributed by atoms with E-state index in [1.807, 2.05) is 0 Å². The van der Waals surface area contributed by atoms with Crippen LogP contribution in [0.5, 0.6) is 0 Å². The maximum absolute atomic E-state index is 13.4. The zero-order valence-electron chi connectivity index (χ0n) is 23.3. The Kier molecular flexibility index (Phi) is 5.94. The van der Waals surface area contributed by atoms with Crippen LogP contribution in [0.3, 0.4) is 0 Å². The zero-order valence-corrected chi connectivity index (χ0v) is 23.3. The highest BCUT2D eigenvalue weighted by Crippen LogP contribution is 2.75. The molecule has 11 atom stereocenters. The number of methoxy groups -OCH3 is 1. The summed E-state index contributed by atoms with van der Waals surface area (Å²) in [6.45, 7) is 14.6. The Morgan fingerprint density at radius 2 is 1.74 bits per heavy atom. The quantitative estimate of drug-likeness (QED) is 0.363. The molecule has 0 bridgehead atoms. The van der Waals surface area contributed by atoms with Gasteiger partial charge in [0.25, 0.3) is 0 Å². The van der Waals surface area contributed by atoms with E-state index in [0.29, 0.717) is 30.1 Å². The van der Waals surface area contributed by atoms with Gasteiger partial charge in [0, 0.05) is 6.61 Å². The first kappa shape index (κ1) is 25.8. The van der Waals surface area contributed by atoms with Crippen molar-refractivity contribution in [3.05, 3.63) is 11.6 Å². The highest BCUT2D eigenvalue weighted by molar-refractivity contribution is 5.78. The SMILES string of the molecule is COC(=O)[C@]12CC[C@@H](C)[C@H](C)[C@H]1C1=CC[C@@H]3[C@@]4(C)C[C@H](O)CC(C)(CO)C4CC[C@@]3(C)[C@]1(C)CC2. The maximum atomic E-state index is 13.4. The number of aliphatic hydroxyl groups is 2. The molecule has 35 heavy (non-hydrogen) atoms. The van der Waals surface area contributed by atoms with Crippen LogP contribution in [0, 0.1) is 56.7 Å². The van der Waals surface area contributed by atoms with E-state index in [1.165, 1.54) is 6.42 Å². The molecule has 2 unspecified atom stereocenters. The molecular formula is C31H50O4. The van der Waals surface area contributed by atoms with Gasteiger partial charge in [-0.05, 0) is 109 Å². The van der Waals surface area contributed by atoms with Gasteiger partial charge in [0.1, 0.15) is 0 Å². The minimum Gasteiger partial charge on any atom is -0.469 e. The van der Waals surface area contributed by atoms with Gasteiger partial charge in [0.05, 0.1) is 18.6 Å². The monoisotopic (exact) mass is 486 g/mol. The van der Waals surface area contributed by atoms with Crippen LogP contribution >= 0.6 is 0 Å². The number of carbonyl (C=O) groups excluding carboxylic acids is 1. The summed E-state index contributed by atoms with van der Waals surface area (Å²) in [5, 5.41) is 21.5. The van der Waals surface area contributed by atoms with Crippen LogP contribution in [0.1, 0.15) is 99.3 Å². The zero-order chi connectivity index (χ0) is 25.6. The molecule has 4 heteroatoms. The Morgan fingerprint density at radius 3 is 2.40 bits per heavy atom. The first-order chi connectivity index (χ1) is 16.3. The third-order valence-electron chi connectivity index (χ3n) is 13.4. The first-order valence-corrected chi connectivity index (χ1v) is 14.4. The normalized spacial score (nSPS) is 55.5. The van der Waals surface area contributed by atoms with E-state index < -0.39 is 0 Å². The summed E-state index contributed by atoms with van der Waals surface area (Å²) in [6, 6.07) is 0. The first-order valence-electron chi connectivity index (χ1n) is 14.4. The summed E-state index contributed by atoms with van der Waals surface area (Å²) in [5.74, 6) is 2.27. The number of carbonyl (C=O) groups is 1. The molecule has 198 valence electrons. The van der Waals surface area contributed by atoms with Crippen molar-refractivity contribution < 1.29 is 19.7 Å². The van der Waals surface area contributed by atoms with E-state index in [2.05, 4.69) is 47.6 Å². The van der Waals surface area contributed by atoms with Gasteiger partial charge in [-0.15, -0.1) is 0 Å². The van der Waals surface area contributed by atoms with E-state index in [9.17, 15) is 15.0 Å². The van der Waals surface area contributed by atoms with Crippen molar-refractivity contribution >= 4 is 5.97 Å². The van der Waals surface area contributed by atoms with Crippen molar-refractivity contribution in [2.75, 3.05) is 13.7 Å². The molecule has 4 fully saturated rings. The topological polar surface area (TPSA) is 66.8 Å². The summed E-state index contributed by atoms with van der Waals surface area (Å²) in [6.07, 6.45) is 11.1. The molecule has 0 saturated heterocycles. The fraction of sp³-hybridized carbons (Fsp3) is 0.903. The predicted molar refractivity (Wildman–Crippen MR) is 138 cm³/mol. The molecule has 0 aromatic carbocycles. The fourth-order valence-corrected chi connectivity index (χ4v) is 11.3. The molecule has 0 spiro atoms. The van der Waals surface area contributed by atoms with Gasteiger partial charge < -0.3 is 14.9 Å². The van der Waals surface area contributed by atoms with Crippen LogP contribution in [0.2, 0.25) is 0 Å². The highest BCUT2D eigenvalue weighted by Gasteiger charge is 2.69. The van der Waals surface area contributed by atoms with Gasteiger partial charge in [-0.3, -0.25) is 4.79 Å². The van der Waals surface area contributed by atoms with Crippen molar-refractivity contribution in [2.45, 2.75) is 105 Å². The second-order valence-corrected chi connectivity index (χ2v) is 14.7. The molecular weight excluding hydrogens is 436 g/mol. The Morgan fingerprint density at radius 1 is 1.03 bits per heavy atom. The molecule has 0 amide bonds. The summed E-state index contributed by atoms with van der Waals surface area (Å²) in [4.78, 5) is 13.4. The number of hydrogen-bond acceptors (Lipinski definition) is 4. The lowest BCUT2D eigenvalue weighted by atomic mass is 9.33. The molecule has 2 N–H and O–H groups in total. The van der Waals surface area contributed by atoms with E-state index in [4.69, 9.17) is 4.74 Å². The van der Waals surface area contributed by atoms with Crippen LogP contribution in [0.15, 0.2) is 11.6 Å². The average Bonchev–Trinajstić information content (AvgIpc) is 2.80. The molecule has 5 aliphatic carbocycles. The number of ether oxygens (including phenoxy) is 1. The summed E-state index contributed by atoms with van der Waals surface area (Å²) < 4.78 is 5.49. The van der Waals surface area contributed by atoms with Crippen molar-refractivity contribution in [1.29, 1.82) is 0 Å². The van der Waals surface area contributed by atoms with E-state index in [1.54, 1.807) is 12.7 Å². The summed E-state index contributed by atoms with van der Waals surface area (Å²) in [7, 11) is 1.58. The van der Waals surface area contributed by atoms with Crippen molar-refractivity contribution in [3.8, 4) is 0 Å². The molecule has 0 aliphatic heterocycles. The maximum Gasteiger partial charge on any atom is 0.312 e. The van der Waals surface area contributed by atoms with E-state index >= 15 is 0 Å². The summed E-state index contributed by atoms with van der Waals surface area (Å²) >= 11 is 0. The second-order valence-electron chi connectivity index (χ2n) is 14.7. The number of allylic oxidation sites excluding steroid dienone is 2. The largest absolute Gasteiger partial charge is 0.469 e. The lowest BCUT2D eigenvalue weighted by molar-refractivity contribution is -0.210. The minimum atomic E-state index is -0.368. The van der Waals surface area contributed by atoms with Crippen LogP contribution < -0.4 is 0 Å². The number of hydrogen-bond donors (Lipinski definition) is 2. The fourth-order valence-electron chi connectivity index (χ4n) is 11.3. The number of fused-ring (bicyclic) bond motifs is 7. The molecule has 5 aliphatic rings. The van der Waals surface area contributed by atoms with Gasteiger partial charge in [-0.25, -0.2) is 0 Å². The molecule has 5 rings (SSSR count). The number of aliphatic hydroxyl groups excluding tert-OH is 2. The Balaban J connectivity index is 1.62. The van der Waals surface area contributed by atoms with E-state index in [-0.39, 0.29) is 51.7 Å².